The SMILES string of the molecule is CN(Cc1nc2c(n1C[C@H]1CCCN(CN)C1)C=CC=CC2)C1CCCc2cccnc21. The fourth-order valence-corrected chi connectivity index (χ4v) is 5.71. The Labute approximate surface area is 191 Å². The van der Waals surface area contributed by atoms with E-state index in [1.807, 2.05) is 6.20 Å². The van der Waals surface area contributed by atoms with Crippen molar-refractivity contribution in [3.63, 3.8) is 0 Å². The standard InChI is InChI=1S/C26H36N6/c1-30(24-13-5-9-21-10-6-14-28-26(21)24)18-25-29-22-11-3-2-4-12-23(22)32(25)17-20-8-7-15-31(16-20)19-27/h2-4,6,10,12,14,20,24H,5,7-9,11,13,15-19,27H2,1H3/t20-,24?/m0/s1. The lowest BCUT2D eigenvalue weighted by Crippen LogP contribution is -2.40. The van der Waals surface area contributed by atoms with Gasteiger partial charge in [-0.1, -0.05) is 24.3 Å². The molecule has 2 aromatic heterocycles. The first-order chi connectivity index (χ1) is 15.7. The molecule has 0 saturated carbocycles. The Morgan fingerprint density at radius 1 is 1.22 bits per heavy atom. The molecule has 0 bridgehead atoms. The monoisotopic (exact) mass is 432 g/mol. The highest BCUT2D eigenvalue weighted by Crippen LogP contribution is 2.33. The number of piperidine rings is 1. The highest BCUT2D eigenvalue weighted by Gasteiger charge is 2.28. The molecule has 2 aliphatic carbocycles. The summed E-state index contributed by atoms with van der Waals surface area (Å²) in [5, 5.41) is 0. The number of nitrogens with two attached hydrogens (primary N) is 1. The molecule has 1 unspecified atom stereocenters. The summed E-state index contributed by atoms with van der Waals surface area (Å²) < 4.78 is 2.50. The number of aryl methyl sites for hydroxylation is 1. The second-order valence-corrected chi connectivity index (χ2v) is 9.60. The van der Waals surface area contributed by atoms with Gasteiger partial charge in [-0.3, -0.25) is 14.8 Å². The summed E-state index contributed by atoms with van der Waals surface area (Å²) in [6, 6.07) is 4.68. The van der Waals surface area contributed by atoms with Gasteiger partial charge in [0.15, 0.2) is 0 Å². The van der Waals surface area contributed by atoms with Crippen LogP contribution in [-0.2, 0) is 25.9 Å². The molecule has 1 saturated heterocycles. The second kappa shape index (κ2) is 9.69. The van der Waals surface area contributed by atoms with Crippen LogP contribution in [0.5, 0.6) is 0 Å². The Morgan fingerprint density at radius 3 is 3.06 bits per heavy atom. The molecule has 2 N–H and O–H groups in total. The van der Waals surface area contributed by atoms with Crippen LogP contribution in [-0.4, -0.2) is 51.1 Å². The van der Waals surface area contributed by atoms with Crippen molar-refractivity contribution in [1.29, 1.82) is 0 Å². The van der Waals surface area contributed by atoms with Crippen molar-refractivity contribution in [2.24, 2.45) is 11.7 Å². The van der Waals surface area contributed by atoms with E-state index in [9.17, 15) is 0 Å². The third-order valence-electron chi connectivity index (χ3n) is 7.36. The quantitative estimate of drug-likeness (QED) is 0.756. The van der Waals surface area contributed by atoms with Crippen molar-refractivity contribution in [1.82, 2.24) is 24.3 Å². The molecule has 170 valence electrons. The third kappa shape index (κ3) is 4.45. The van der Waals surface area contributed by atoms with Gasteiger partial charge in [-0.25, -0.2) is 4.98 Å². The fourth-order valence-electron chi connectivity index (χ4n) is 5.71. The number of likely N-dealkylation sites (tertiary alicyclic amines) is 1. The Hall–Kier alpha value is -2.28. The van der Waals surface area contributed by atoms with Crippen LogP contribution in [0.3, 0.4) is 0 Å². The van der Waals surface area contributed by atoms with E-state index in [0.717, 1.165) is 45.4 Å². The molecular formula is C26H36N6. The van der Waals surface area contributed by atoms with Crippen LogP contribution in [0.1, 0.15) is 60.2 Å². The normalized spacial score (nSPS) is 23.2. The van der Waals surface area contributed by atoms with Gasteiger partial charge < -0.3 is 10.3 Å². The zero-order chi connectivity index (χ0) is 21.9. The molecule has 2 atom stereocenters. The van der Waals surface area contributed by atoms with Gasteiger partial charge >= 0.3 is 0 Å². The van der Waals surface area contributed by atoms with Crippen molar-refractivity contribution >= 4 is 6.08 Å². The maximum Gasteiger partial charge on any atom is 0.123 e. The maximum absolute atomic E-state index is 5.96. The minimum Gasteiger partial charge on any atom is -0.327 e. The summed E-state index contributed by atoms with van der Waals surface area (Å²) in [5.74, 6) is 1.81. The number of hydrogen-bond acceptors (Lipinski definition) is 5. The minimum absolute atomic E-state index is 0.364. The van der Waals surface area contributed by atoms with Crippen molar-refractivity contribution < 1.29 is 0 Å². The summed E-state index contributed by atoms with van der Waals surface area (Å²) in [6.45, 7) is 4.74. The van der Waals surface area contributed by atoms with Crippen molar-refractivity contribution in [3.8, 4) is 0 Å². The molecule has 0 amide bonds. The molecule has 6 heteroatoms. The van der Waals surface area contributed by atoms with Crippen molar-refractivity contribution in [3.05, 3.63) is 65.0 Å². The van der Waals surface area contributed by atoms with Gasteiger partial charge in [0.25, 0.3) is 0 Å². The molecule has 1 fully saturated rings. The van der Waals surface area contributed by atoms with Crippen LogP contribution in [0.25, 0.3) is 6.08 Å². The predicted octanol–water partition coefficient (Wildman–Crippen LogP) is 3.54. The van der Waals surface area contributed by atoms with Gasteiger partial charge in [0, 0.05) is 32.4 Å². The number of pyridine rings is 1. The highest BCUT2D eigenvalue weighted by molar-refractivity contribution is 5.53. The fraction of sp³-hybridized carbons (Fsp3) is 0.538. The van der Waals surface area contributed by atoms with E-state index in [0.29, 0.717) is 18.6 Å². The van der Waals surface area contributed by atoms with E-state index in [2.05, 4.69) is 57.9 Å². The van der Waals surface area contributed by atoms with Crippen LogP contribution in [0.2, 0.25) is 0 Å². The summed E-state index contributed by atoms with van der Waals surface area (Å²) >= 11 is 0. The van der Waals surface area contributed by atoms with Gasteiger partial charge in [-0.2, -0.15) is 0 Å². The van der Waals surface area contributed by atoms with E-state index in [1.165, 1.54) is 47.7 Å². The van der Waals surface area contributed by atoms with Crippen molar-refractivity contribution in [2.75, 3.05) is 26.8 Å². The molecule has 6 nitrogen and oxygen atoms in total. The molecule has 3 aliphatic rings. The summed E-state index contributed by atoms with van der Waals surface area (Å²) in [7, 11) is 2.24. The minimum atomic E-state index is 0.364. The average molecular weight is 433 g/mol. The number of nitrogens with zero attached hydrogens (tertiary/aromatic N) is 5. The molecular weight excluding hydrogens is 396 g/mol. The van der Waals surface area contributed by atoms with E-state index >= 15 is 0 Å². The molecule has 1 aliphatic heterocycles. The van der Waals surface area contributed by atoms with E-state index in [4.69, 9.17) is 15.7 Å². The molecule has 5 rings (SSSR count). The van der Waals surface area contributed by atoms with E-state index < -0.39 is 0 Å². The maximum atomic E-state index is 5.96. The Balaban J connectivity index is 1.41. The number of aromatic nitrogens is 3. The average Bonchev–Trinajstić information content (AvgIpc) is 2.98. The van der Waals surface area contributed by atoms with E-state index in [-0.39, 0.29) is 0 Å². The highest BCUT2D eigenvalue weighted by atomic mass is 15.2. The molecule has 0 spiro atoms. The largest absolute Gasteiger partial charge is 0.327 e. The zero-order valence-electron chi connectivity index (χ0n) is 19.3. The first-order valence-corrected chi connectivity index (χ1v) is 12.2. The Bertz CT molecular complexity index is 990. The molecule has 0 radical (unpaired) electrons. The Kier molecular flexibility index (Phi) is 6.53. The number of fused-ring (bicyclic) bond motifs is 2. The summed E-state index contributed by atoms with van der Waals surface area (Å²) in [5.41, 5.74) is 11.1. The first kappa shape index (κ1) is 21.6. The van der Waals surface area contributed by atoms with Crippen LogP contribution >= 0.6 is 0 Å². The van der Waals surface area contributed by atoms with Crippen LogP contribution < -0.4 is 5.73 Å². The van der Waals surface area contributed by atoms with Gasteiger partial charge in [0.2, 0.25) is 0 Å². The second-order valence-electron chi connectivity index (χ2n) is 9.60. The lowest BCUT2D eigenvalue weighted by atomic mass is 9.91. The van der Waals surface area contributed by atoms with Crippen LogP contribution in [0, 0.1) is 5.92 Å². The number of imidazole rings is 1. The first-order valence-electron chi connectivity index (χ1n) is 12.2. The number of allylic oxidation sites excluding steroid dienone is 3. The van der Waals surface area contributed by atoms with Crippen LogP contribution in [0.4, 0.5) is 0 Å². The van der Waals surface area contributed by atoms with Gasteiger partial charge in [-0.05, 0) is 69.3 Å². The Morgan fingerprint density at radius 2 is 2.16 bits per heavy atom. The van der Waals surface area contributed by atoms with E-state index in [1.54, 1.807) is 0 Å². The topological polar surface area (TPSA) is 63.2 Å². The van der Waals surface area contributed by atoms with Gasteiger partial charge in [-0.15, -0.1) is 0 Å². The number of rotatable bonds is 6. The van der Waals surface area contributed by atoms with Gasteiger partial charge in [0.1, 0.15) is 5.82 Å². The smallest absolute Gasteiger partial charge is 0.123 e. The third-order valence-corrected chi connectivity index (χ3v) is 7.36. The molecule has 3 heterocycles. The van der Waals surface area contributed by atoms with Crippen molar-refractivity contribution in [2.45, 2.75) is 57.7 Å². The van der Waals surface area contributed by atoms with Gasteiger partial charge in [0.05, 0.1) is 29.7 Å². The lowest BCUT2D eigenvalue weighted by molar-refractivity contribution is 0.162. The predicted molar refractivity (Wildman–Crippen MR) is 129 cm³/mol. The summed E-state index contributed by atoms with van der Waals surface area (Å²) in [6.07, 6.45) is 17.6. The lowest BCUT2D eigenvalue weighted by Gasteiger charge is -2.34. The summed E-state index contributed by atoms with van der Waals surface area (Å²) in [4.78, 5) is 14.8. The molecule has 32 heavy (non-hydrogen) atoms. The molecule has 0 aromatic carbocycles. The van der Waals surface area contributed by atoms with Crippen LogP contribution in [0.15, 0.2) is 36.6 Å². The zero-order valence-corrected chi connectivity index (χ0v) is 19.3. The number of hydrogen-bond donors (Lipinski definition) is 1. The molecule has 2 aromatic rings.